The summed E-state index contributed by atoms with van der Waals surface area (Å²) in [4.78, 5) is 11.9. The van der Waals surface area contributed by atoms with Gasteiger partial charge in [0.25, 0.3) is 5.91 Å². The molecule has 0 aromatic heterocycles. The first-order valence-electron chi connectivity index (χ1n) is 5.16. The van der Waals surface area contributed by atoms with E-state index < -0.39 is 5.41 Å². The Kier molecular flexibility index (Phi) is 1.33. The first-order valence-corrected chi connectivity index (χ1v) is 5.16. The zero-order chi connectivity index (χ0) is 10.1. The molecule has 14 heavy (non-hydrogen) atoms. The molecule has 1 amide bonds. The molecule has 3 heterocycles. The topological polar surface area (TPSA) is 49.8 Å². The summed E-state index contributed by atoms with van der Waals surface area (Å²) in [5.41, 5.74) is -0.688. The second kappa shape index (κ2) is 2.14. The third kappa shape index (κ3) is 0.624. The van der Waals surface area contributed by atoms with Crippen LogP contribution in [-0.4, -0.2) is 34.9 Å². The van der Waals surface area contributed by atoms with Gasteiger partial charge >= 0.3 is 0 Å². The average molecular weight is 197 g/mol. The van der Waals surface area contributed by atoms with Gasteiger partial charge < -0.3 is 4.74 Å². The smallest absolute Gasteiger partial charge is 0.255 e. The van der Waals surface area contributed by atoms with Crippen LogP contribution in [0.4, 0.5) is 0 Å². The molecule has 4 heteroatoms. The van der Waals surface area contributed by atoms with E-state index in [1.54, 1.807) is 0 Å². The van der Waals surface area contributed by atoms with Crippen LogP contribution in [0.2, 0.25) is 0 Å². The SMILES string of the molecule is CC12CN(O)C(=O)C1(C)C1CCC2O1. The Balaban J connectivity index is 2.13. The van der Waals surface area contributed by atoms with Crippen LogP contribution in [0.5, 0.6) is 0 Å². The molecule has 4 nitrogen and oxygen atoms in total. The van der Waals surface area contributed by atoms with Crippen molar-refractivity contribution >= 4 is 5.91 Å². The van der Waals surface area contributed by atoms with E-state index >= 15 is 0 Å². The predicted octanol–water partition coefficient (Wildman–Crippen LogP) is 0.792. The van der Waals surface area contributed by atoms with Gasteiger partial charge in [-0.2, -0.15) is 0 Å². The molecule has 1 N–H and O–H groups in total. The lowest BCUT2D eigenvalue weighted by Crippen LogP contribution is -2.47. The molecule has 0 spiro atoms. The number of carbonyl (C=O) groups excluding carboxylic acids is 1. The molecule has 0 saturated carbocycles. The zero-order valence-electron chi connectivity index (χ0n) is 8.49. The minimum absolute atomic E-state index is 0.0159. The molecular weight excluding hydrogens is 182 g/mol. The van der Waals surface area contributed by atoms with Gasteiger partial charge in [0.15, 0.2) is 0 Å². The Hall–Kier alpha value is -0.610. The van der Waals surface area contributed by atoms with Crippen LogP contribution < -0.4 is 0 Å². The Morgan fingerprint density at radius 3 is 2.71 bits per heavy atom. The summed E-state index contributed by atoms with van der Waals surface area (Å²) in [7, 11) is 0. The van der Waals surface area contributed by atoms with Crippen molar-refractivity contribution in [2.24, 2.45) is 10.8 Å². The molecule has 3 aliphatic heterocycles. The van der Waals surface area contributed by atoms with Crippen LogP contribution in [0.3, 0.4) is 0 Å². The summed E-state index contributed by atoms with van der Waals surface area (Å²) in [6.07, 6.45) is 2.15. The molecule has 2 bridgehead atoms. The van der Waals surface area contributed by atoms with E-state index in [1.807, 2.05) is 6.92 Å². The molecule has 3 aliphatic rings. The third-order valence-electron chi connectivity index (χ3n) is 4.72. The highest BCUT2D eigenvalue weighted by atomic mass is 16.5. The average Bonchev–Trinajstić information content (AvgIpc) is 2.72. The fraction of sp³-hybridized carbons (Fsp3) is 0.900. The van der Waals surface area contributed by atoms with Crippen LogP contribution in [0, 0.1) is 10.8 Å². The summed E-state index contributed by atoms with van der Waals surface area (Å²) < 4.78 is 5.81. The van der Waals surface area contributed by atoms with E-state index in [-0.39, 0.29) is 23.5 Å². The number of fused-ring (bicyclic) bond motifs is 5. The van der Waals surface area contributed by atoms with Gasteiger partial charge in [-0.25, -0.2) is 5.06 Å². The molecule has 0 aliphatic carbocycles. The molecule has 3 rings (SSSR count). The normalized spacial score (nSPS) is 55.6. The quantitative estimate of drug-likeness (QED) is 0.584. The van der Waals surface area contributed by atoms with Crippen molar-refractivity contribution in [3.63, 3.8) is 0 Å². The van der Waals surface area contributed by atoms with Crippen molar-refractivity contribution < 1.29 is 14.7 Å². The van der Waals surface area contributed by atoms with Gasteiger partial charge in [-0.3, -0.25) is 10.0 Å². The van der Waals surface area contributed by atoms with Crippen molar-refractivity contribution in [3.8, 4) is 0 Å². The molecule has 3 fully saturated rings. The molecule has 0 aromatic rings. The van der Waals surface area contributed by atoms with Gasteiger partial charge in [0.2, 0.25) is 0 Å². The maximum Gasteiger partial charge on any atom is 0.255 e. The third-order valence-corrected chi connectivity index (χ3v) is 4.72. The Labute approximate surface area is 82.8 Å². The summed E-state index contributed by atoms with van der Waals surface area (Å²) in [5.74, 6) is -0.160. The molecular formula is C10H15NO3. The lowest BCUT2D eigenvalue weighted by Gasteiger charge is -2.37. The minimum atomic E-state index is -0.495. The van der Waals surface area contributed by atoms with Gasteiger partial charge in [-0.05, 0) is 19.8 Å². The maximum absolute atomic E-state index is 11.9. The second-order valence-corrected chi connectivity index (χ2v) is 5.17. The number of hydrogen-bond donors (Lipinski definition) is 1. The van der Waals surface area contributed by atoms with Crippen molar-refractivity contribution in [2.45, 2.75) is 38.9 Å². The highest BCUT2D eigenvalue weighted by molar-refractivity contribution is 5.86. The first-order chi connectivity index (χ1) is 6.50. The molecule has 78 valence electrons. The van der Waals surface area contributed by atoms with E-state index in [0.29, 0.717) is 6.54 Å². The van der Waals surface area contributed by atoms with Crippen LogP contribution >= 0.6 is 0 Å². The van der Waals surface area contributed by atoms with Crippen LogP contribution in [-0.2, 0) is 9.53 Å². The molecule has 0 radical (unpaired) electrons. The van der Waals surface area contributed by atoms with Crippen LogP contribution in [0.25, 0.3) is 0 Å². The number of carbonyl (C=O) groups is 1. The minimum Gasteiger partial charge on any atom is -0.373 e. The fourth-order valence-corrected chi connectivity index (χ4v) is 3.53. The monoisotopic (exact) mass is 197 g/mol. The number of nitrogens with zero attached hydrogens (tertiary/aromatic N) is 1. The molecule has 0 aromatic carbocycles. The summed E-state index contributed by atoms with van der Waals surface area (Å²) in [6, 6.07) is 0. The van der Waals surface area contributed by atoms with Crippen LogP contribution in [0.1, 0.15) is 26.7 Å². The Morgan fingerprint density at radius 1 is 1.43 bits per heavy atom. The van der Waals surface area contributed by atoms with E-state index in [1.165, 1.54) is 0 Å². The van der Waals surface area contributed by atoms with Crippen molar-refractivity contribution in [2.75, 3.05) is 6.54 Å². The van der Waals surface area contributed by atoms with Crippen molar-refractivity contribution in [1.82, 2.24) is 5.06 Å². The molecule has 3 saturated heterocycles. The maximum atomic E-state index is 11.9. The first kappa shape index (κ1) is 8.68. The van der Waals surface area contributed by atoms with Gasteiger partial charge in [0, 0.05) is 5.41 Å². The number of rotatable bonds is 0. The predicted molar refractivity (Wildman–Crippen MR) is 47.6 cm³/mol. The van der Waals surface area contributed by atoms with E-state index in [9.17, 15) is 10.0 Å². The lowest BCUT2D eigenvalue weighted by molar-refractivity contribution is -0.167. The second-order valence-electron chi connectivity index (χ2n) is 5.17. The largest absolute Gasteiger partial charge is 0.373 e. The highest BCUT2D eigenvalue weighted by Crippen LogP contribution is 2.63. The molecule has 4 atom stereocenters. The standard InChI is InChI=1S/C10H15NO3/c1-9-5-11(13)8(12)10(9,2)7-4-3-6(9)14-7/h6-7,13H,3-5H2,1-2H3. The highest BCUT2D eigenvalue weighted by Gasteiger charge is 2.72. The van der Waals surface area contributed by atoms with Crippen molar-refractivity contribution in [1.29, 1.82) is 0 Å². The number of hydroxylamine groups is 2. The van der Waals surface area contributed by atoms with Crippen LogP contribution in [0.15, 0.2) is 0 Å². The summed E-state index contributed by atoms with van der Waals surface area (Å²) in [5, 5.41) is 10.4. The van der Waals surface area contributed by atoms with E-state index in [4.69, 9.17) is 4.74 Å². The Morgan fingerprint density at radius 2 is 2.07 bits per heavy atom. The summed E-state index contributed by atoms with van der Waals surface area (Å²) in [6.45, 7) is 4.42. The summed E-state index contributed by atoms with van der Waals surface area (Å²) >= 11 is 0. The van der Waals surface area contributed by atoms with E-state index in [2.05, 4.69) is 6.92 Å². The number of hydrogen-bond acceptors (Lipinski definition) is 3. The lowest BCUT2D eigenvalue weighted by atomic mass is 9.59. The van der Waals surface area contributed by atoms with Gasteiger partial charge in [-0.1, -0.05) is 6.92 Å². The molecule has 4 unspecified atom stereocenters. The van der Waals surface area contributed by atoms with Gasteiger partial charge in [0.1, 0.15) is 0 Å². The fourth-order valence-electron chi connectivity index (χ4n) is 3.53. The van der Waals surface area contributed by atoms with E-state index in [0.717, 1.165) is 17.9 Å². The number of ether oxygens (including phenoxy) is 1. The van der Waals surface area contributed by atoms with Gasteiger partial charge in [-0.15, -0.1) is 0 Å². The van der Waals surface area contributed by atoms with Crippen molar-refractivity contribution in [3.05, 3.63) is 0 Å². The number of amides is 1. The Bertz CT molecular complexity index is 318. The van der Waals surface area contributed by atoms with Gasteiger partial charge in [0.05, 0.1) is 24.2 Å². The zero-order valence-corrected chi connectivity index (χ0v) is 8.49.